The highest BCUT2D eigenvalue weighted by atomic mass is 35.5. The molecule has 1 aromatic heterocycles. The molecule has 0 saturated heterocycles. The summed E-state index contributed by atoms with van der Waals surface area (Å²) < 4.78 is 5.01. The van der Waals surface area contributed by atoms with Crippen molar-refractivity contribution in [2.75, 3.05) is 11.9 Å². The van der Waals surface area contributed by atoms with Crippen LogP contribution in [0.15, 0.2) is 54.6 Å². The summed E-state index contributed by atoms with van der Waals surface area (Å²) in [5, 5.41) is 4.10. The van der Waals surface area contributed by atoms with E-state index in [1.54, 1.807) is 30.3 Å². The number of carbonyl (C=O) groups is 2. The van der Waals surface area contributed by atoms with Crippen LogP contribution in [0.1, 0.15) is 10.5 Å². The summed E-state index contributed by atoms with van der Waals surface area (Å²) in [6, 6.07) is 15.8. The molecule has 1 heterocycles. The average molecular weight is 329 g/mol. The number of benzene rings is 2. The van der Waals surface area contributed by atoms with Gasteiger partial charge in [-0.3, -0.25) is 4.79 Å². The average Bonchev–Trinajstić information content (AvgIpc) is 2.99. The predicted molar refractivity (Wildman–Crippen MR) is 88.7 cm³/mol. The standard InChI is InChI=1S/C17H13ClN2O3/c18-12-5-7-13(8-6-12)19-16(21)10-23-17(22)15-9-11-3-1-2-4-14(11)20-15/h1-9,20H,10H2,(H,19,21). The molecule has 0 radical (unpaired) electrons. The minimum atomic E-state index is -0.576. The van der Waals surface area contributed by atoms with Crippen molar-refractivity contribution >= 4 is 40.1 Å². The van der Waals surface area contributed by atoms with Crippen molar-refractivity contribution in [1.29, 1.82) is 0 Å². The highest BCUT2D eigenvalue weighted by Gasteiger charge is 2.13. The molecule has 0 atom stereocenters. The van der Waals surface area contributed by atoms with Gasteiger partial charge in [-0.1, -0.05) is 29.8 Å². The molecule has 1 amide bonds. The molecule has 0 saturated carbocycles. The lowest BCUT2D eigenvalue weighted by molar-refractivity contribution is -0.119. The number of esters is 1. The summed E-state index contributed by atoms with van der Waals surface area (Å²) in [5.74, 6) is -0.996. The topological polar surface area (TPSA) is 71.2 Å². The first-order valence-electron chi connectivity index (χ1n) is 6.92. The molecule has 116 valence electrons. The van der Waals surface area contributed by atoms with E-state index in [0.29, 0.717) is 16.4 Å². The van der Waals surface area contributed by atoms with Crippen LogP contribution in [0.3, 0.4) is 0 Å². The fourth-order valence-electron chi connectivity index (χ4n) is 2.12. The first kappa shape index (κ1) is 15.1. The normalized spacial score (nSPS) is 10.5. The van der Waals surface area contributed by atoms with Crippen molar-refractivity contribution in [1.82, 2.24) is 4.98 Å². The maximum atomic E-state index is 12.0. The van der Waals surface area contributed by atoms with Gasteiger partial charge >= 0.3 is 5.97 Å². The number of rotatable bonds is 4. The number of ether oxygens (including phenoxy) is 1. The molecule has 0 aliphatic heterocycles. The van der Waals surface area contributed by atoms with Gasteiger partial charge in [0, 0.05) is 21.6 Å². The van der Waals surface area contributed by atoms with Crippen molar-refractivity contribution in [3.63, 3.8) is 0 Å². The van der Waals surface area contributed by atoms with Crippen LogP contribution in [0.2, 0.25) is 5.02 Å². The van der Waals surface area contributed by atoms with Crippen molar-refractivity contribution < 1.29 is 14.3 Å². The van der Waals surface area contributed by atoms with E-state index in [0.717, 1.165) is 10.9 Å². The third-order valence-corrected chi connectivity index (χ3v) is 3.46. The van der Waals surface area contributed by atoms with E-state index in [2.05, 4.69) is 10.3 Å². The zero-order chi connectivity index (χ0) is 16.2. The quantitative estimate of drug-likeness (QED) is 0.719. The smallest absolute Gasteiger partial charge is 0.355 e. The molecule has 0 fully saturated rings. The molecule has 6 heteroatoms. The van der Waals surface area contributed by atoms with Gasteiger partial charge in [-0.25, -0.2) is 4.79 Å². The molecule has 23 heavy (non-hydrogen) atoms. The van der Waals surface area contributed by atoms with Crippen molar-refractivity contribution in [2.24, 2.45) is 0 Å². The molecule has 2 aromatic carbocycles. The third kappa shape index (κ3) is 3.70. The first-order chi connectivity index (χ1) is 11.1. The molecule has 0 bridgehead atoms. The molecule has 0 spiro atoms. The molecule has 0 unspecified atom stereocenters. The number of aromatic amines is 1. The van der Waals surface area contributed by atoms with Gasteiger partial charge in [0.1, 0.15) is 5.69 Å². The summed E-state index contributed by atoms with van der Waals surface area (Å²) in [7, 11) is 0. The van der Waals surface area contributed by atoms with E-state index in [-0.39, 0.29) is 6.61 Å². The molecule has 3 rings (SSSR count). The van der Waals surface area contributed by atoms with Gasteiger partial charge in [0.05, 0.1) is 0 Å². The maximum absolute atomic E-state index is 12.0. The number of para-hydroxylation sites is 1. The molecule has 0 aliphatic rings. The van der Waals surface area contributed by atoms with E-state index in [9.17, 15) is 9.59 Å². The number of amides is 1. The number of anilines is 1. The Kier molecular flexibility index (Phi) is 4.30. The minimum Gasteiger partial charge on any atom is -0.451 e. The van der Waals surface area contributed by atoms with Crippen LogP contribution >= 0.6 is 11.6 Å². The second-order valence-corrected chi connectivity index (χ2v) is 5.34. The molecule has 0 aliphatic carbocycles. The van der Waals surface area contributed by atoms with E-state index in [1.807, 2.05) is 24.3 Å². The Morgan fingerprint density at radius 2 is 1.83 bits per heavy atom. The lowest BCUT2D eigenvalue weighted by atomic mass is 10.2. The zero-order valence-electron chi connectivity index (χ0n) is 12.0. The van der Waals surface area contributed by atoms with E-state index < -0.39 is 11.9 Å². The fourth-order valence-corrected chi connectivity index (χ4v) is 2.25. The van der Waals surface area contributed by atoms with Gasteiger partial charge in [-0.05, 0) is 36.4 Å². The summed E-state index contributed by atoms with van der Waals surface area (Å²) >= 11 is 5.77. The second-order valence-electron chi connectivity index (χ2n) is 4.90. The summed E-state index contributed by atoms with van der Waals surface area (Å²) in [6.07, 6.45) is 0. The zero-order valence-corrected chi connectivity index (χ0v) is 12.8. The van der Waals surface area contributed by atoms with Crippen LogP contribution in [0.4, 0.5) is 5.69 Å². The summed E-state index contributed by atoms with van der Waals surface area (Å²) in [6.45, 7) is -0.364. The number of aromatic nitrogens is 1. The van der Waals surface area contributed by atoms with Gasteiger partial charge in [0.25, 0.3) is 5.91 Å². The molecular weight excluding hydrogens is 316 g/mol. The monoisotopic (exact) mass is 328 g/mol. The van der Waals surface area contributed by atoms with Gasteiger partial charge < -0.3 is 15.0 Å². The number of hydrogen-bond donors (Lipinski definition) is 2. The van der Waals surface area contributed by atoms with Crippen molar-refractivity contribution in [3.8, 4) is 0 Å². The van der Waals surface area contributed by atoms with Gasteiger partial charge in [0.15, 0.2) is 6.61 Å². The second kappa shape index (κ2) is 6.54. The Labute approximate surface area is 137 Å². The largest absolute Gasteiger partial charge is 0.451 e. The summed E-state index contributed by atoms with van der Waals surface area (Å²) in [5.41, 5.74) is 1.73. The molecule has 2 N–H and O–H groups in total. The fraction of sp³-hybridized carbons (Fsp3) is 0.0588. The van der Waals surface area contributed by atoms with E-state index >= 15 is 0 Å². The van der Waals surface area contributed by atoms with Crippen LogP contribution in [0.25, 0.3) is 10.9 Å². The number of nitrogens with one attached hydrogen (secondary N) is 2. The van der Waals surface area contributed by atoms with Crippen molar-refractivity contribution in [3.05, 3.63) is 65.3 Å². The Morgan fingerprint density at radius 3 is 2.57 bits per heavy atom. The number of hydrogen-bond acceptors (Lipinski definition) is 3. The lowest BCUT2D eigenvalue weighted by Crippen LogP contribution is -2.21. The van der Waals surface area contributed by atoms with Gasteiger partial charge in [0.2, 0.25) is 0 Å². The van der Waals surface area contributed by atoms with Gasteiger partial charge in [-0.2, -0.15) is 0 Å². The van der Waals surface area contributed by atoms with Crippen molar-refractivity contribution in [2.45, 2.75) is 0 Å². The van der Waals surface area contributed by atoms with Crippen LogP contribution in [-0.2, 0) is 9.53 Å². The first-order valence-corrected chi connectivity index (χ1v) is 7.30. The van der Waals surface area contributed by atoms with Crippen LogP contribution in [0.5, 0.6) is 0 Å². The highest BCUT2D eigenvalue weighted by Crippen LogP contribution is 2.15. The van der Waals surface area contributed by atoms with Crippen LogP contribution in [0, 0.1) is 0 Å². The summed E-state index contributed by atoms with van der Waals surface area (Å²) in [4.78, 5) is 26.7. The Balaban J connectivity index is 1.57. The highest BCUT2D eigenvalue weighted by molar-refractivity contribution is 6.30. The number of carbonyl (C=O) groups excluding carboxylic acids is 2. The Hall–Kier alpha value is -2.79. The molecule has 5 nitrogen and oxygen atoms in total. The SMILES string of the molecule is O=C(COC(=O)c1cc2ccccc2[nH]1)Nc1ccc(Cl)cc1. The molecular formula is C17H13ClN2O3. The molecule has 3 aromatic rings. The number of H-pyrrole nitrogens is 1. The number of halogens is 1. The Morgan fingerprint density at radius 1 is 1.09 bits per heavy atom. The third-order valence-electron chi connectivity index (χ3n) is 3.21. The lowest BCUT2D eigenvalue weighted by Gasteiger charge is -2.06. The van der Waals surface area contributed by atoms with E-state index in [4.69, 9.17) is 16.3 Å². The van der Waals surface area contributed by atoms with Crippen LogP contribution in [-0.4, -0.2) is 23.5 Å². The Bertz CT molecular complexity index is 823. The predicted octanol–water partition coefficient (Wildman–Crippen LogP) is 3.62. The van der Waals surface area contributed by atoms with Crippen LogP contribution < -0.4 is 5.32 Å². The number of fused-ring (bicyclic) bond motifs is 1. The van der Waals surface area contributed by atoms with E-state index in [1.165, 1.54) is 0 Å². The van der Waals surface area contributed by atoms with Gasteiger partial charge in [-0.15, -0.1) is 0 Å². The minimum absolute atomic E-state index is 0.311. The maximum Gasteiger partial charge on any atom is 0.355 e.